The molecule has 0 N–H and O–H groups in total. The van der Waals surface area contributed by atoms with Crippen molar-refractivity contribution in [1.29, 1.82) is 0 Å². The zero-order valence-electron chi connectivity index (χ0n) is 15.5. The van der Waals surface area contributed by atoms with Crippen LogP contribution in [-0.2, 0) is 0 Å². The highest BCUT2D eigenvalue weighted by Crippen LogP contribution is 2.30. The van der Waals surface area contributed by atoms with Gasteiger partial charge in [-0.2, -0.15) is 9.61 Å². The summed E-state index contributed by atoms with van der Waals surface area (Å²) in [6.07, 6.45) is 1.30. The third-order valence-electron chi connectivity index (χ3n) is 5.17. The number of aromatic nitrogens is 3. The number of benzene rings is 1. The Balaban J connectivity index is 1.88. The molecule has 4 heteroatoms. The van der Waals surface area contributed by atoms with Crippen molar-refractivity contribution >= 4 is 11.5 Å². The van der Waals surface area contributed by atoms with E-state index in [1.54, 1.807) is 0 Å². The molecule has 3 aromatic rings. The standard InChI is InChI=1S/C21H26N4/c1-14-10-15(2)13-24(12-14)19-11-16(3)22-21-17(4)20(23-25(19)21)18-8-6-5-7-9-18/h5-9,11,14-15H,10,12-13H2,1-4H3/t14-,15-/m1/s1. The molecule has 0 aliphatic carbocycles. The summed E-state index contributed by atoms with van der Waals surface area (Å²) < 4.78 is 2.05. The van der Waals surface area contributed by atoms with Crippen molar-refractivity contribution in [2.45, 2.75) is 34.1 Å². The highest BCUT2D eigenvalue weighted by molar-refractivity contribution is 5.71. The molecule has 0 spiro atoms. The van der Waals surface area contributed by atoms with Gasteiger partial charge in [-0.05, 0) is 32.1 Å². The molecule has 0 radical (unpaired) electrons. The summed E-state index contributed by atoms with van der Waals surface area (Å²) in [7, 11) is 0. The molecule has 1 aliphatic rings. The average molecular weight is 334 g/mol. The Labute approximate surface area is 149 Å². The van der Waals surface area contributed by atoms with E-state index in [0.29, 0.717) is 11.8 Å². The van der Waals surface area contributed by atoms with E-state index in [0.717, 1.165) is 41.3 Å². The Hall–Kier alpha value is -2.36. The lowest BCUT2D eigenvalue weighted by atomic mass is 9.92. The van der Waals surface area contributed by atoms with Crippen molar-refractivity contribution in [3.05, 3.63) is 47.7 Å². The molecule has 130 valence electrons. The molecule has 4 nitrogen and oxygen atoms in total. The Morgan fingerprint density at radius 2 is 1.68 bits per heavy atom. The van der Waals surface area contributed by atoms with Gasteiger partial charge in [-0.25, -0.2) is 4.98 Å². The van der Waals surface area contributed by atoms with E-state index in [-0.39, 0.29) is 0 Å². The molecule has 0 amide bonds. The third-order valence-corrected chi connectivity index (χ3v) is 5.17. The van der Waals surface area contributed by atoms with Gasteiger partial charge in [0.05, 0.1) is 5.69 Å². The van der Waals surface area contributed by atoms with Gasteiger partial charge in [-0.3, -0.25) is 0 Å². The molecule has 1 saturated heterocycles. The second-order valence-corrected chi connectivity index (χ2v) is 7.68. The Kier molecular flexibility index (Phi) is 3.98. The molecular weight excluding hydrogens is 308 g/mol. The van der Waals surface area contributed by atoms with E-state index in [2.05, 4.69) is 67.4 Å². The predicted octanol–water partition coefficient (Wildman–Crippen LogP) is 4.50. The van der Waals surface area contributed by atoms with E-state index in [1.807, 2.05) is 6.07 Å². The number of anilines is 1. The minimum atomic E-state index is 0.706. The van der Waals surface area contributed by atoms with Crippen LogP contribution in [0.2, 0.25) is 0 Å². The van der Waals surface area contributed by atoms with E-state index >= 15 is 0 Å². The van der Waals surface area contributed by atoms with Gasteiger partial charge < -0.3 is 4.90 Å². The number of hydrogen-bond acceptors (Lipinski definition) is 3. The smallest absolute Gasteiger partial charge is 0.161 e. The summed E-state index contributed by atoms with van der Waals surface area (Å²) in [5.74, 6) is 2.58. The first-order chi connectivity index (χ1) is 12.0. The maximum absolute atomic E-state index is 4.96. The van der Waals surface area contributed by atoms with Crippen LogP contribution in [0.25, 0.3) is 16.9 Å². The maximum Gasteiger partial charge on any atom is 0.161 e. The second kappa shape index (κ2) is 6.17. The normalized spacial score (nSPS) is 21.0. The van der Waals surface area contributed by atoms with Crippen LogP contribution in [0, 0.1) is 25.7 Å². The van der Waals surface area contributed by atoms with Crippen molar-refractivity contribution in [2.24, 2.45) is 11.8 Å². The summed E-state index contributed by atoms with van der Waals surface area (Å²) >= 11 is 0. The van der Waals surface area contributed by atoms with Crippen LogP contribution < -0.4 is 4.90 Å². The number of hydrogen-bond donors (Lipinski definition) is 0. The molecule has 2 aromatic heterocycles. The van der Waals surface area contributed by atoms with Crippen molar-refractivity contribution in [3.63, 3.8) is 0 Å². The largest absolute Gasteiger partial charge is 0.356 e. The number of piperidine rings is 1. The van der Waals surface area contributed by atoms with Crippen molar-refractivity contribution in [3.8, 4) is 11.3 Å². The van der Waals surface area contributed by atoms with Crippen LogP contribution in [0.5, 0.6) is 0 Å². The lowest BCUT2D eigenvalue weighted by Gasteiger charge is -2.36. The minimum Gasteiger partial charge on any atom is -0.356 e. The molecule has 1 aromatic carbocycles. The lowest BCUT2D eigenvalue weighted by Crippen LogP contribution is -2.39. The molecule has 0 saturated carbocycles. The number of fused-ring (bicyclic) bond motifs is 1. The Bertz CT molecular complexity index is 887. The average Bonchev–Trinajstić information content (AvgIpc) is 2.91. The first-order valence-corrected chi connectivity index (χ1v) is 9.20. The molecule has 1 aliphatic heterocycles. The van der Waals surface area contributed by atoms with Crippen LogP contribution in [-0.4, -0.2) is 27.7 Å². The third kappa shape index (κ3) is 2.90. The van der Waals surface area contributed by atoms with Crippen molar-refractivity contribution in [1.82, 2.24) is 14.6 Å². The quantitative estimate of drug-likeness (QED) is 0.692. The van der Waals surface area contributed by atoms with Gasteiger partial charge in [0.1, 0.15) is 5.82 Å². The fraction of sp³-hybridized carbons (Fsp3) is 0.429. The zero-order chi connectivity index (χ0) is 17.6. The summed E-state index contributed by atoms with van der Waals surface area (Å²) in [6.45, 7) is 11.1. The predicted molar refractivity (Wildman–Crippen MR) is 103 cm³/mol. The summed E-state index contributed by atoms with van der Waals surface area (Å²) in [6, 6.07) is 12.6. The fourth-order valence-electron chi connectivity index (χ4n) is 4.17. The Morgan fingerprint density at radius 3 is 2.36 bits per heavy atom. The molecule has 0 bridgehead atoms. The maximum atomic E-state index is 4.96. The lowest BCUT2D eigenvalue weighted by molar-refractivity contribution is 0.354. The summed E-state index contributed by atoms with van der Waals surface area (Å²) in [5.41, 5.74) is 5.34. The SMILES string of the molecule is Cc1cc(N2C[C@H](C)C[C@@H](C)C2)n2nc(-c3ccccc3)c(C)c2n1. The van der Waals surface area contributed by atoms with Crippen LogP contribution >= 0.6 is 0 Å². The van der Waals surface area contributed by atoms with Gasteiger partial charge in [-0.15, -0.1) is 0 Å². The van der Waals surface area contributed by atoms with Crippen LogP contribution in [0.3, 0.4) is 0 Å². The molecular formula is C21H26N4. The summed E-state index contributed by atoms with van der Waals surface area (Å²) in [5, 5.41) is 4.96. The summed E-state index contributed by atoms with van der Waals surface area (Å²) in [4.78, 5) is 7.28. The van der Waals surface area contributed by atoms with Gasteiger partial charge >= 0.3 is 0 Å². The van der Waals surface area contributed by atoms with E-state index < -0.39 is 0 Å². The van der Waals surface area contributed by atoms with Crippen LogP contribution in [0.1, 0.15) is 31.5 Å². The van der Waals surface area contributed by atoms with Crippen molar-refractivity contribution < 1.29 is 0 Å². The number of aryl methyl sites for hydroxylation is 2. The first kappa shape index (κ1) is 16.1. The monoisotopic (exact) mass is 334 g/mol. The minimum absolute atomic E-state index is 0.706. The highest BCUT2D eigenvalue weighted by atomic mass is 15.4. The second-order valence-electron chi connectivity index (χ2n) is 7.68. The topological polar surface area (TPSA) is 33.4 Å². The van der Waals surface area contributed by atoms with Gasteiger partial charge in [-0.1, -0.05) is 44.2 Å². The molecule has 4 rings (SSSR count). The van der Waals surface area contributed by atoms with Crippen LogP contribution in [0.4, 0.5) is 5.82 Å². The Morgan fingerprint density at radius 1 is 1.00 bits per heavy atom. The zero-order valence-corrected chi connectivity index (χ0v) is 15.5. The van der Waals surface area contributed by atoms with Gasteiger partial charge in [0, 0.05) is 36.0 Å². The molecule has 25 heavy (non-hydrogen) atoms. The first-order valence-electron chi connectivity index (χ1n) is 9.20. The number of rotatable bonds is 2. The highest BCUT2D eigenvalue weighted by Gasteiger charge is 2.25. The van der Waals surface area contributed by atoms with Gasteiger partial charge in [0.25, 0.3) is 0 Å². The van der Waals surface area contributed by atoms with Crippen LogP contribution in [0.15, 0.2) is 36.4 Å². The van der Waals surface area contributed by atoms with E-state index in [9.17, 15) is 0 Å². The van der Waals surface area contributed by atoms with Gasteiger partial charge in [0.15, 0.2) is 5.65 Å². The van der Waals surface area contributed by atoms with Gasteiger partial charge in [0.2, 0.25) is 0 Å². The van der Waals surface area contributed by atoms with E-state index in [1.165, 1.54) is 12.2 Å². The molecule has 3 heterocycles. The van der Waals surface area contributed by atoms with Crippen molar-refractivity contribution in [2.75, 3.05) is 18.0 Å². The molecule has 2 atom stereocenters. The molecule has 0 unspecified atom stereocenters. The van der Waals surface area contributed by atoms with E-state index in [4.69, 9.17) is 10.1 Å². The molecule has 1 fully saturated rings. The number of nitrogens with zero attached hydrogens (tertiary/aromatic N) is 4. The fourth-order valence-corrected chi connectivity index (χ4v) is 4.17.